The number of rotatable bonds is 9. The van der Waals surface area contributed by atoms with Gasteiger partial charge < -0.3 is 10.1 Å². The smallest absolute Gasteiger partial charge is 0.220 e. The van der Waals surface area contributed by atoms with Crippen molar-refractivity contribution in [2.75, 3.05) is 19.4 Å². The van der Waals surface area contributed by atoms with Crippen molar-refractivity contribution in [2.24, 2.45) is 0 Å². The molecule has 0 unspecified atom stereocenters. The number of amides is 1. The minimum atomic E-state index is 0.0876. The maximum atomic E-state index is 11.8. The van der Waals surface area contributed by atoms with E-state index in [1.807, 2.05) is 31.2 Å². The standard InChI is InChI=1S/C16H21N3O2S2/c1-12-18-19-16(23-12)22-10-4-9-17-15(20)8-7-13-5-3-6-14(11-13)21-2/h3,5-6,11H,4,7-10H2,1-2H3,(H,17,20). The Balaban J connectivity index is 1.57. The first-order chi connectivity index (χ1) is 11.2. The summed E-state index contributed by atoms with van der Waals surface area (Å²) in [5.41, 5.74) is 1.11. The molecule has 0 bridgehead atoms. The molecule has 5 nitrogen and oxygen atoms in total. The van der Waals surface area contributed by atoms with E-state index in [2.05, 4.69) is 15.5 Å². The van der Waals surface area contributed by atoms with Crippen LogP contribution in [0.4, 0.5) is 0 Å². The van der Waals surface area contributed by atoms with Gasteiger partial charge in [0, 0.05) is 18.7 Å². The van der Waals surface area contributed by atoms with Crippen molar-refractivity contribution in [3.63, 3.8) is 0 Å². The highest BCUT2D eigenvalue weighted by Gasteiger charge is 2.04. The van der Waals surface area contributed by atoms with Crippen LogP contribution < -0.4 is 10.1 Å². The zero-order chi connectivity index (χ0) is 16.5. The van der Waals surface area contributed by atoms with Crippen molar-refractivity contribution in [3.05, 3.63) is 34.8 Å². The number of methoxy groups -OCH3 is 1. The molecule has 23 heavy (non-hydrogen) atoms. The van der Waals surface area contributed by atoms with Crippen LogP contribution in [0.25, 0.3) is 0 Å². The van der Waals surface area contributed by atoms with Crippen molar-refractivity contribution < 1.29 is 9.53 Å². The van der Waals surface area contributed by atoms with Crippen LogP contribution in [0.3, 0.4) is 0 Å². The predicted molar refractivity (Wildman–Crippen MR) is 94.3 cm³/mol. The molecule has 0 atom stereocenters. The van der Waals surface area contributed by atoms with E-state index < -0.39 is 0 Å². The Labute approximate surface area is 144 Å². The van der Waals surface area contributed by atoms with Gasteiger partial charge in [-0.05, 0) is 37.5 Å². The number of carbonyl (C=O) groups excluding carboxylic acids is 1. The summed E-state index contributed by atoms with van der Waals surface area (Å²) in [7, 11) is 1.65. The lowest BCUT2D eigenvalue weighted by atomic mass is 10.1. The van der Waals surface area contributed by atoms with E-state index >= 15 is 0 Å². The van der Waals surface area contributed by atoms with Crippen molar-refractivity contribution >= 4 is 29.0 Å². The fraction of sp³-hybridized carbons (Fsp3) is 0.438. The Morgan fingerprint density at radius 3 is 3.00 bits per heavy atom. The Bertz CT molecular complexity index is 631. The molecule has 1 aromatic carbocycles. The first kappa shape index (κ1) is 17.7. The lowest BCUT2D eigenvalue weighted by molar-refractivity contribution is -0.121. The van der Waals surface area contributed by atoms with Crippen molar-refractivity contribution in [2.45, 2.75) is 30.5 Å². The molecule has 0 fully saturated rings. The van der Waals surface area contributed by atoms with Gasteiger partial charge in [-0.15, -0.1) is 10.2 Å². The van der Waals surface area contributed by atoms with Crippen LogP contribution in [-0.2, 0) is 11.2 Å². The van der Waals surface area contributed by atoms with Gasteiger partial charge in [0.25, 0.3) is 0 Å². The molecule has 1 heterocycles. The highest BCUT2D eigenvalue weighted by molar-refractivity contribution is 8.01. The molecule has 1 amide bonds. The van der Waals surface area contributed by atoms with Gasteiger partial charge in [-0.3, -0.25) is 4.79 Å². The lowest BCUT2D eigenvalue weighted by Crippen LogP contribution is -2.24. The normalized spacial score (nSPS) is 10.5. The predicted octanol–water partition coefficient (Wildman–Crippen LogP) is 3.09. The van der Waals surface area contributed by atoms with E-state index in [-0.39, 0.29) is 5.91 Å². The molecule has 2 rings (SSSR count). The Morgan fingerprint density at radius 2 is 2.26 bits per heavy atom. The summed E-state index contributed by atoms with van der Waals surface area (Å²) in [6.07, 6.45) is 2.14. The summed E-state index contributed by atoms with van der Waals surface area (Å²) in [6.45, 7) is 2.64. The molecule has 0 aliphatic rings. The van der Waals surface area contributed by atoms with E-state index in [0.717, 1.165) is 39.3 Å². The van der Waals surface area contributed by atoms with Gasteiger partial charge in [0.1, 0.15) is 10.8 Å². The van der Waals surface area contributed by atoms with Crippen LogP contribution in [0.5, 0.6) is 5.75 Å². The maximum absolute atomic E-state index is 11.8. The van der Waals surface area contributed by atoms with Crippen molar-refractivity contribution in [1.29, 1.82) is 0 Å². The summed E-state index contributed by atoms with van der Waals surface area (Å²) in [5, 5.41) is 12.0. The van der Waals surface area contributed by atoms with E-state index in [0.29, 0.717) is 13.0 Å². The van der Waals surface area contributed by atoms with E-state index in [9.17, 15) is 4.79 Å². The van der Waals surface area contributed by atoms with E-state index in [4.69, 9.17) is 4.74 Å². The van der Waals surface area contributed by atoms with Gasteiger partial charge in [0.2, 0.25) is 5.91 Å². The van der Waals surface area contributed by atoms with Gasteiger partial charge in [-0.1, -0.05) is 35.2 Å². The highest BCUT2D eigenvalue weighted by atomic mass is 32.2. The van der Waals surface area contributed by atoms with Crippen molar-refractivity contribution in [1.82, 2.24) is 15.5 Å². The third-order valence-corrected chi connectivity index (χ3v) is 5.21. The monoisotopic (exact) mass is 351 g/mol. The zero-order valence-corrected chi connectivity index (χ0v) is 15.0. The maximum Gasteiger partial charge on any atom is 0.220 e. The number of carbonyl (C=O) groups is 1. The average molecular weight is 351 g/mol. The number of nitrogens with zero attached hydrogens (tertiary/aromatic N) is 2. The molecule has 0 radical (unpaired) electrons. The lowest BCUT2D eigenvalue weighted by Gasteiger charge is -2.06. The second-order valence-corrected chi connectivity index (χ2v) is 7.51. The van der Waals surface area contributed by atoms with Gasteiger partial charge in [-0.25, -0.2) is 0 Å². The fourth-order valence-corrected chi connectivity index (χ4v) is 3.80. The van der Waals surface area contributed by atoms with Crippen LogP contribution in [0.2, 0.25) is 0 Å². The summed E-state index contributed by atoms with van der Waals surface area (Å²) < 4.78 is 6.17. The zero-order valence-electron chi connectivity index (χ0n) is 13.4. The molecule has 0 aliphatic carbocycles. The number of ether oxygens (including phenoxy) is 1. The number of hydrogen-bond donors (Lipinski definition) is 1. The number of aryl methyl sites for hydroxylation is 2. The average Bonchev–Trinajstić information content (AvgIpc) is 2.98. The van der Waals surface area contributed by atoms with Crippen LogP contribution in [-0.4, -0.2) is 35.5 Å². The minimum absolute atomic E-state index is 0.0876. The third-order valence-electron chi connectivity index (χ3n) is 3.15. The molecule has 0 saturated heterocycles. The Morgan fingerprint density at radius 1 is 1.39 bits per heavy atom. The van der Waals surface area contributed by atoms with Crippen LogP contribution in [0.15, 0.2) is 28.6 Å². The first-order valence-electron chi connectivity index (χ1n) is 7.50. The first-order valence-corrected chi connectivity index (χ1v) is 9.30. The minimum Gasteiger partial charge on any atom is -0.497 e. The quantitative estimate of drug-likeness (QED) is 0.555. The summed E-state index contributed by atoms with van der Waals surface area (Å²) in [6, 6.07) is 7.82. The Kier molecular flexibility index (Phi) is 7.35. The Hall–Kier alpha value is -1.60. The van der Waals surface area contributed by atoms with E-state index in [1.165, 1.54) is 0 Å². The fourth-order valence-electron chi connectivity index (χ4n) is 1.97. The van der Waals surface area contributed by atoms with Crippen molar-refractivity contribution in [3.8, 4) is 5.75 Å². The molecule has 1 N–H and O–H groups in total. The van der Waals surface area contributed by atoms with Gasteiger partial charge in [0.15, 0.2) is 4.34 Å². The number of thioether (sulfide) groups is 1. The van der Waals surface area contributed by atoms with Crippen LogP contribution in [0, 0.1) is 6.92 Å². The second-order valence-electron chi connectivity index (χ2n) is 4.99. The van der Waals surface area contributed by atoms with Crippen LogP contribution >= 0.6 is 23.1 Å². The summed E-state index contributed by atoms with van der Waals surface area (Å²) in [4.78, 5) is 11.8. The van der Waals surface area contributed by atoms with Gasteiger partial charge >= 0.3 is 0 Å². The highest BCUT2D eigenvalue weighted by Crippen LogP contribution is 2.22. The number of hydrogen-bond acceptors (Lipinski definition) is 6. The molecule has 1 aromatic heterocycles. The van der Waals surface area contributed by atoms with Crippen LogP contribution in [0.1, 0.15) is 23.4 Å². The summed E-state index contributed by atoms with van der Waals surface area (Å²) in [5.74, 6) is 1.85. The topological polar surface area (TPSA) is 64.1 Å². The van der Waals surface area contributed by atoms with Gasteiger partial charge in [-0.2, -0.15) is 0 Å². The van der Waals surface area contributed by atoms with Gasteiger partial charge in [0.05, 0.1) is 7.11 Å². The molecule has 124 valence electrons. The SMILES string of the molecule is COc1cccc(CCC(=O)NCCCSc2nnc(C)s2)c1. The molecular weight excluding hydrogens is 330 g/mol. The summed E-state index contributed by atoms with van der Waals surface area (Å²) >= 11 is 3.29. The molecule has 2 aromatic rings. The molecular formula is C16H21N3O2S2. The second kappa shape index (κ2) is 9.52. The molecule has 0 aliphatic heterocycles. The van der Waals surface area contributed by atoms with E-state index in [1.54, 1.807) is 30.2 Å². The third kappa shape index (κ3) is 6.58. The molecule has 0 saturated carbocycles. The largest absolute Gasteiger partial charge is 0.497 e. The molecule has 7 heteroatoms. The number of benzene rings is 1. The number of nitrogens with one attached hydrogen (secondary N) is 1. The molecule has 0 spiro atoms. The number of aromatic nitrogens is 2.